The first-order valence-corrected chi connectivity index (χ1v) is 14.6. The van der Waals surface area contributed by atoms with Gasteiger partial charge >= 0.3 is 0 Å². The highest BCUT2D eigenvalue weighted by Crippen LogP contribution is 2.32. The van der Waals surface area contributed by atoms with Gasteiger partial charge in [-0.25, -0.2) is 22.2 Å². The van der Waals surface area contributed by atoms with Gasteiger partial charge < -0.3 is 24.2 Å². The fourth-order valence-corrected chi connectivity index (χ4v) is 6.27. The van der Waals surface area contributed by atoms with Gasteiger partial charge in [-0.2, -0.15) is 19.3 Å². The van der Waals surface area contributed by atoms with Crippen LogP contribution < -0.4 is 14.5 Å². The average molecular weight is 618 g/mol. The maximum absolute atomic E-state index is 14.3. The number of imidazole rings is 1. The fraction of sp³-hybridized carbons (Fsp3) is 0.583. The predicted octanol–water partition coefficient (Wildman–Crippen LogP) is 1.43. The molecule has 41 heavy (non-hydrogen) atoms. The molecule has 0 radical (unpaired) electrons. The van der Waals surface area contributed by atoms with Gasteiger partial charge in [0.15, 0.2) is 5.82 Å². The predicted molar refractivity (Wildman–Crippen MR) is 152 cm³/mol. The van der Waals surface area contributed by atoms with Gasteiger partial charge in [0.25, 0.3) is 6.43 Å². The summed E-state index contributed by atoms with van der Waals surface area (Å²) in [6, 6.07) is 5.00. The number of ether oxygens (including phenoxy) is 2. The van der Waals surface area contributed by atoms with Crippen molar-refractivity contribution in [1.29, 1.82) is 0 Å². The first-order valence-electron chi connectivity index (χ1n) is 13.0. The molecular weight excluding hydrogens is 584 g/mol. The molecule has 226 valence electrons. The maximum Gasteiger partial charge on any atom is 0.296 e. The van der Waals surface area contributed by atoms with Gasteiger partial charge in [-0.1, -0.05) is 6.07 Å². The topological polar surface area (TPSA) is 122 Å². The SMILES string of the molecule is COc1cccc2c1nc(C(F)F)n2-c1nc(N2CCOCC2)nc(N2CCN(S(=O)(=O)CCN(C)C)CC2)n1.Cl. The van der Waals surface area contributed by atoms with Crippen molar-refractivity contribution in [3.8, 4) is 11.7 Å². The maximum atomic E-state index is 14.3. The lowest BCUT2D eigenvalue weighted by atomic mass is 10.3. The Balaban J connectivity index is 0.00000387. The van der Waals surface area contributed by atoms with E-state index in [0.29, 0.717) is 63.2 Å². The third-order valence-electron chi connectivity index (χ3n) is 6.89. The summed E-state index contributed by atoms with van der Waals surface area (Å²) < 4.78 is 67.7. The Labute approximate surface area is 243 Å². The molecule has 0 spiro atoms. The quantitative estimate of drug-likeness (QED) is 0.347. The Bertz CT molecular complexity index is 1450. The van der Waals surface area contributed by atoms with E-state index >= 15 is 0 Å². The monoisotopic (exact) mass is 617 g/mol. The van der Waals surface area contributed by atoms with E-state index in [4.69, 9.17) is 9.47 Å². The molecular formula is C24H34ClF2N9O4S. The number of anilines is 2. The standard InChI is InChI=1S/C24H33F2N9O4S.ClH/c1-31(2)13-16-40(36,37)34-9-7-32(8-10-34)22-28-23(33-11-14-39-15-12-33)30-24(29-22)35-17-5-4-6-18(38-3)19(17)27-21(35)20(25)26;/h4-6,20H,7-16H2,1-3H3;1H. The molecule has 0 N–H and O–H groups in total. The summed E-state index contributed by atoms with van der Waals surface area (Å²) in [6.07, 6.45) is -2.90. The molecule has 0 bridgehead atoms. The number of hydrogen-bond acceptors (Lipinski definition) is 11. The van der Waals surface area contributed by atoms with Crippen LogP contribution >= 0.6 is 12.4 Å². The van der Waals surface area contributed by atoms with Crippen LogP contribution in [0.5, 0.6) is 5.75 Å². The number of hydrogen-bond donors (Lipinski definition) is 0. The zero-order valence-electron chi connectivity index (χ0n) is 23.1. The molecule has 2 fully saturated rings. The van der Waals surface area contributed by atoms with Crippen LogP contribution in [-0.4, -0.2) is 128 Å². The molecule has 2 aliphatic heterocycles. The second-order valence-electron chi connectivity index (χ2n) is 9.77. The third-order valence-corrected chi connectivity index (χ3v) is 8.74. The fourth-order valence-electron chi connectivity index (χ4n) is 4.70. The minimum absolute atomic E-state index is 0. The summed E-state index contributed by atoms with van der Waals surface area (Å²) in [5.74, 6) is 0.480. The molecule has 0 atom stereocenters. The van der Waals surface area contributed by atoms with Gasteiger partial charge in [0.1, 0.15) is 11.3 Å². The number of halogens is 3. The summed E-state index contributed by atoms with van der Waals surface area (Å²) in [5.41, 5.74) is 0.642. The minimum Gasteiger partial charge on any atom is -0.494 e. The highest BCUT2D eigenvalue weighted by Gasteiger charge is 2.30. The Morgan fingerprint density at radius 2 is 1.56 bits per heavy atom. The number of fused-ring (bicyclic) bond motifs is 1. The Morgan fingerprint density at radius 3 is 2.15 bits per heavy atom. The average Bonchev–Trinajstić information content (AvgIpc) is 3.37. The zero-order chi connectivity index (χ0) is 28.4. The second kappa shape index (κ2) is 12.9. The number of methoxy groups -OCH3 is 1. The zero-order valence-corrected chi connectivity index (χ0v) is 24.7. The number of alkyl halides is 2. The lowest BCUT2D eigenvalue weighted by molar-refractivity contribution is 0.122. The summed E-state index contributed by atoms with van der Waals surface area (Å²) >= 11 is 0. The third kappa shape index (κ3) is 6.61. The van der Waals surface area contributed by atoms with E-state index in [0.717, 1.165) is 0 Å². The van der Waals surface area contributed by atoms with E-state index in [9.17, 15) is 17.2 Å². The van der Waals surface area contributed by atoms with Gasteiger partial charge in [-0.05, 0) is 26.2 Å². The summed E-state index contributed by atoms with van der Waals surface area (Å²) in [4.78, 5) is 23.7. The molecule has 3 aromatic rings. The van der Waals surface area contributed by atoms with E-state index in [-0.39, 0.29) is 48.7 Å². The summed E-state index contributed by atoms with van der Waals surface area (Å²) in [5, 5.41) is 0. The Morgan fingerprint density at radius 1 is 0.951 bits per heavy atom. The van der Waals surface area contributed by atoms with E-state index in [1.54, 1.807) is 18.2 Å². The highest BCUT2D eigenvalue weighted by molar-refractivity contribution is 7.89. The van der Waals surface area contributed by atoms with Crippen molar-refractivity contribution in [3.63, 3.8) is 0 Å². The van der Waals surface area contributed by atoms with Crippen LogP contribution in [-0.2, 0) is 14.8 Å². The van der Waals surface area contributed by atoms with Crippen LogP contribution in [0.1, 0.15) is 12.2 Å². The summed E-state index contributed by atoms with van der Waals surface area (Å²) in [6.45, 7) is 3.65. The minimum atomic E-state index is -3.42. The molecule has 0 aliphatic carbocycles. The molecule has 0 unspecified atom stereocenters. The first-order chi connectivity index (χ1) is 19.2. The van der Waals surface area contributed by atoms with Crippen molar-refractivity contribution in [2.24, 2.45) is 0 Å². The van der Waals surface area contributed by atoms with Crippen LogP contribution in [0.2, 0.25) is 0 Å². The van der Waals surface area contributed by atoms with Gasteiger partial charge in [0.2, 0.25) is 27.9 Å². The highest BCUT2D eigenvalue weighted by atomic mass is 35.5. The van der Waals surface area contributed by atoms with Crippen LogP contribution in [0.25, 0.3) is 17.0 Å². The first kappa shape index (κ1) is 31.0. The molecule has 0 amide bonds. The molecule has 4 heterocycles. The molecule has 5 rings (SSSR count). The summed E-state index contributed by atoms with van der Waals surface area (Å²) in [7, 11) is 1.70. The number of para-hydroxylation sites is 1. The lowest BCUT2D eigenvalue weighted by Crippen LogP contribution is -2.50. The Kier molecular flexibility index (Phi) is 9.79. The van der Waals surface area contributed by atoms with Gasteiger partial charge in [0.05, 0.1) is 31.6 Å². The van der Waals surface area contributed by atoms with Gasteiger partial charge in [-0.15, -0.1) is 12.4 Å². The number of aromatic nitrogens is 5. The second-order valence-corrected chi connectivity index (χ2v) is 11.9. The molecule has 2 aromatic heterocycles. The van der Waals surface area contributed by atoms with E-state index in [1.807, 2.05) is 28.8 Å². The number of morpholine rings is 1. The van der Waals surface area contributed by atoms with E-state index in [1.165, 1.54) is 16.0 Å². The lowest BCUT2D eigenvalue weighted by Gasteiger charge is -2.35. The van der Waals surface area contributed by atoms with Crippen LogP contribution in [0.3, 0.4) is 0 Å². The van der Waals surface area contributed by atoms with Crippen LogP contribution in [0.4, 0.5) is 20.7 Å². The number of rotatable bonds is 9. The van der Waals surface area contributed by atoms with Crippen molar-refractivity contribution in [1.82, 2.24) is 33.7 Å². The van der Waals surface area contributed by atoms with Crippen molar-refractivity contribution in [2.75, 3.05) is 95.8 Å². The largest absolute Gasteiger partial charge is 0.494 e. The Hall–Kier alpha value is -2.92. The number of nitrogens with zero attached hydrogens (tertiary/aromatic N) is 9. The van der Waals surface area contributed by atoms with Crippen LogP contribution in [0.15, 0.2) is 18.2 Å². The van der Waals surface area contributed by atoms with E-state index < -0.39 is 22.3 Å². The molecule has 2 saturated heterocycles. The molecule has 1 aromatic carbocycles. The van der Waals surface area contributed by atoms with Gasteiger partial charge in [0, 0.05) is 45.8 Å². The van der Waals surface area contributed by atoms with Crippen LogP contribution in [0, 0.1) is 0 Å². The molecule has 0 saturated carbocycles. The molecule has 2 aliphatic rings. The van der Waals surface area contributed by atoms with Gasteiger partial charge in [-0.3, -0.25) is 4.57 Å². The van der Waals surface area contributed by atoms with Crippen molar-refractivity contribution in [3.05, 3.63) is 24.0 Å². The number of sulfonamides is 1. The van der Waals surface area contributed by atoms with Crippen molar-refractivity contribution < 1.29 is 26.7 Å². The number of piperazine rings is 1. The normalized spacial score (nSPS) is 17.0. The molecule has 17 heteroatoms. The van der Waals surface area contributed by atoms with Crippen molar-refractivity contribution >= 4 is 45.4 Å². The van der Waals surface area contributed by atoms with Crippen molar-refractivity contribution in [2.45, 2.75) is 6.43 Å². The molecule has 13 nitrogen and oxygen atoms in total. The smallest absolute Gasteiger partial charge is 0.296 e. The number of benzene rings is 1. The van der Waals surface area contributed by atoms with E-state index in [2.05, 4.69) is 19.9 Å².